The van der Waals surface area contributed by atoms with Crippen LogP contribution in [0.15, 0.2) is 0 Å². The third-order valence-corrected chi connectivity index (χ3v) is 3.55. The SMILES string of the molecule is C[C@H](O)[C@@H]1CCCN1C(=O)[C@H]1CCNC1. The summed E-state index contributed by atoms with van der Waals surface area (Å²) in [6, 6.07) is 0.0538. The lowest BCUT2D eigenvalue weighted by Gasteiger charge is -2.29. The number of hydrogen-bond acceptors (Lipinski definition) is 3. The fraction of sp³-hybridized carbons (Fsp3) is 0.909. The van der Waals surface area contributed by atoms with E-state index in [1.54, 1.807) is 6.92 Å². The molecule has 2 heterocycles. The van der Waals surface area contributed by atoms with Crippen LogP contribution in [0.3, 0.4) is 0 Å². The number of aliphatic hydroxyl groups excluding tert-OH is 1. The van der Waals surface area contributed by atoms with Gasteiger partial charge in [-0.2, -0.15) is 0 Å². The maximum atomic E-state index is 12.1. The third kappa shape index (κ3) is 2.16. The molecular formula is C11H20N2O2. The van der Waals surface area contributed by atoms with Crippen LogP contribution in [-0.4, -0.2) is 47.7 Å². The standard InChI is InChI=1S/C11H20N2O2/c1-8(14)10-3-2-6-13(10)11(15)9-4-5-12-7-9/h8-10,12,14H,2-7H2,1H3/t8-,9-,10-/m0/s1. The molecule has 4 heteroatoms. The third-order valence-electron chi connectivity index (χ3n) is 3.55. The second-order valence-corrected chi connectivity index (χ2v) is 4.67. The van der Waals surface area contributed by atoms with Gasteiger partial charge >= 0.3 is 0 Å². The summed E-state index contributed by atoms with van der Waals surface area (Å²) >= 11 is 0. The molecule has 0 aromatic heterocycles. The molecule has 2 saturated heterocycles. The summed E-state index contributed by atoms with van der Waals surface area (Å²) in [7, 11) is 0. The Kier molecular flexibility index (Phi) is 3.26. The lowest BCUT2D eigenvalue weighted by atomic mass is 10.1. The van der Waals surface area contributed by atoms with Crippen molar-refractivity contribution in [3.05, 3.63) is 0 Å². The Morgan fingerprint density at radius 1 is 1.53 bits per heavy atom. The molecule has 2 aliphatic heterocycles. The number of amides is 1. The van der Waals surface area contributed by atoms with Crippen molar-refractivity contribution in [2.75, 3.05) is 19.6 Å². The van der Waals surface area contributed by atoms with Gasteiger partial charge in [-0.15, -0.1) is 0 Å². The minimum Gasteiger partial charge on any atom is -0.391 e. The highest BCUT2D eigenvalue weighted by Crippen LogP contribution is 2.24. The van der Waals surface area contributed by atoms with E-state index in [0.717, 1.165) is 38.9 Å². The number of nitrogens with one attached hydrogen (secondary N) is 1. The lowest BCUT2D eigenvalue weighted by Crippen LogP contribution is -2.44. The molecule has 1 amide bonds. The predicted octanol–water partition coefficient (Wildman–Crippen LogP) is -0.0323. The Morgan fingerprint density at radius 2 is 2.33 bits per heavy atom. The molecule has 0 aromatic carbocycles. The molecule has 86 valence electrons. The Morgan fingerprint density at radius 3 is 2.93 bits per heavy atom. The second kappa shape index (κ2) is 4.49. The number of nitrogens with zero attached hydrogens (tertiary/aromatic N) is 1. The second-order valence-electron chi connectivity index (χ2n) is 4.67. The predicted molar refractivity (Wildman–Crippen MR) is 57.4 cm³/mol. The first-order valence-corrected chi connectivity index (χ1v) is 5.89. The number of carbonyl (C=O) groups is 1. The van der Waals surface area contributed by atoms with Crippen molar-refractivity contribution >= 4 is 5.91 Å². The van der Waals surface area contributed by atoms with Crippen LogP contribution in [0, 0.1) is 5.92 Å². The van der Waals surface area contributed by atoms with E-state index in [9.17, 15) is 9.90 Å². The van der Waals surface area contributed by atoms with E-state index in [1.807, 2.05) is 4.90 Å². The summed E-state index contributed by atoms with van der Waals surface area (Å²) in [5.41, 5.74) is 0. The number of aliphatic hydroxyl groups is 1. The van der Waals surface area contributed by atoms with E-state index in [4.69, 9.17) is 0 Å². The molecule has 2 N–H and O–H groups in total. The molecule has 4 nitrogen and oxygen atoms in total. The van der Waals surface area contributed by atoms with Gasteiger partial charge in [0, 0.05) is 13.1 Å². The van der Waals surface area contributed by atoms with Gasteiger partial charge in [0.15, 0.2) is 0 Å². The molecule has 0 spiro atoms. The molecule has 0 unspecified atom stereocenters. The molecular weight excluding hydrogens is 192 g/mol. The maximum absolute atomic E-state index is 12.1. The highest BCUT2D eigenvalue weighted by molar-refractivity contribution is 5.80. The molecule has 0 radical (unpaired) electrons. The molecule has 15 heavy (non-hydrogen) atoms. The van der Waals surface area contributed by atoms with Gasteiger partial charge in [-0.3, -0.25) is 4.79 Å². The van der Waals surface area contributed by atoms with Gasteiger partial charge in [0.1, 0.15) is 0 Å². The number of likely N-dealkylation sites (tertiary alicyclic amines) is 1. The Bertz CT molecular complexity index is 237. The Labute approximate surface area is 90.6 Å². The molecule has 2 fully saturated rings. The first-order chi connectivity index (χ1) is 7.20. The van der Waals surface area contributed by atoms with Gasteiger partial charge in [-0.25, -0.2) is 0 Å². The zero-order valence-corrected chi connectivity index (χ0v) is 9.28. The van der Waals surface area contributed by atoms with Crippen molar-refractivity contribution < 1.29 is 9.90 Å². The summed E-state index contributed by atoms with van der Waals surface area (Å²) in [5.74, 6) is 0.382. The van der Waals surface area contributed by atoms with Crippen LogP contribution in [-0.2, 0) is 4.79 Å². The molecule has 0 bridgehead atoms. The van der Waals surface area contributed by atoms with Crippen molar-refractivity contribution in [2.24, 2.45) is 5.92 Å². The normalized spacial score (nSPS) is 33.3. The number of rotatable bonds is 2. The van der Waals surface area contributed by atoms with Crippen LogP contribution < -0.4 is 5.32 Å². The molecule has 2 rings (SSSR count). The molecule has 3 atom stereocenters. The summed E-state index contributed by atoms with van der Waals surface area (Å²) in [5, 5.41) is 12.8. The Hall–Kier alpha value is -0.610. The van der Waals surface area contributed by atoms with Crippen molar-refractivity contribution in [2.45, 2.75) is 38.3 Å². The van der Waals surface area contributed by atoms with Gasteiger partial charge < -0.3 is 15.3 Å². The minimum absolute atomic E-state index is 0.0538. The monoisotopic (exact) mass is 212 g/mol. The fourth-order valence-corrected chi connectivity index (χ4v) is 2.67. The average molecular weight is 212 g/mol. The summed E-state index contributed by atoms with van der Waals surface area (Å²) < 4.78 is 0. The quantitative estimate of drug-likeness (QED) is 0.676. The molecule has 0 aliphatic carbocycles. The summed E-state index contributed by atoms with van der Waals surface area (Å²) in [6.07, 6.45) is 2.53. The molecule has 2 aliphatic rings. The molecule has 0 saturated carbocycles. The van der Waals surface area contributed by atoms with E-state index in [1.165, 1.54) is 0 Å². The minimum atomic E-state index is -0.397. The van der Waals surface area contributed by atoms with E-state index < -0.39 is 6.10 Å². The summed E-state index contributed by atoms with van der Waals surface area (Å²) in [6.45, 7) is 4.36. The van der Waals surface area contributed by atoms with Gasteiger partial charge in [0.2, 0.25) is 5.91 Å². The van der Waals surface area contributed by atoms with Crippen LogP contribution >= 0.6 is 0 Å². The molecule has 0 aromatic rings. The van der Waals surface area contributed by atoms with Crippen LogP contribution in [0.25, 0.3) is 0 Å². The first-order valence-electron chi connectivity index (χ1n) is 5.89. The highest BCUT2D eigenvalue weighted by atomic mass is 16.3. The van der Waals surface area contributed by atoms with E-state index in [0.29, 0.717) is 0 Å². The van der Waals surface area contributed by atoms with E-state index >= 15 is 0 Å². The first kappa shape index (κ1) is 10.9. The van der Waals surface area contributed by atoms with E-state index in [2.05, 4.69) is 5.32 Å². The smallest absolute Gasteiger partial charge is 0.227 e. The van der Waals surface area contributed by atoms with Gasteiger partial charge in [0.05, 0.1) is 18.1 Å². The van der Waals surface area contributed by atoms with Gasteiger partial charge in [-0.05, 0) is 32.7 Å². The fourth-order valence-electron chi connectivity index (χ4n) is 2.67. The average Bonchev–Trinajstić information content (AvgIpc) is 2.88. The highest BCUT2D eigenvalue weighted by Gasteiger charge is 2.36. The summed E-state index contributed by atoms with van der Waals surface area (Å²) in [4.78, 5) is 14.0. The van der Waals surface area contributed by atoms with Crippen molar-refractivity contribution in [1.82, 2.24) is 10.2 Å². The maximum Gasteiger partial charge on any atom is 0.227 e. The number of carbonyl (C=O) groups excluding carboxylic acids is 1. The van der Waals surface area contributed by atoms with Crippen LogP contribution in [0.5, 0.6) is 0 Å². The van der Waals surface area contributed by atoms with Crippen LogP contribution in [0.1, 0.15) is 26.2 Å². The van der Waals surface area contributed by atoms with Crippen molar-refractivity contribution in [1.29, 1.82) is 0 Å². The van der Waals surface area contributed by atoms with E-state index in [-0.39, 0.29) is 17.9 Å². The van der Waals surface area contributed by atoms with Crippen molar-refractivity contribution in [3.63, 3.8) is 0 Å². The zero-order valence-electron chi connectivity index (χ0n) is 9.28. The number of hydrogen-bond donors (Lipinski definition) is 2. The van der Waals surface area contributed by atoms with Crippen molar-refractivity contribution in [3.8, 4) is 0 Å². The topological polar surface area (TPSA) is 52.6 Å². The lowest BCUT2D eigenvalue weighted by molar-refractivity contribution is -0.137. The van der Waals surface area contributed by atoms with Gasteiger partial charge in [-0.1, -0.05) is 0 Å². The largest absolute Gasteiger partial charge is 0.391 e. The zero-order chi connectivity index (χ0) is 10.8. The van der Waals surface area contributed by atoms with Crippen LogP contribution in [0.4, 0.5) is 0 Å². The van der Waals surface area contributed by atoms with Crippen LogP contribution in [0.2, 0.25) is 0 Å². The van der Waals surface area contributed by atoms with Gasteiger partial charge in [0.25, 0.3) is 0 Å². The Balaban J connectivity index is 1.99.